The average Bonchev–Trinajstić information content (AvgIpc) is 3.34. The van der Waals surface area contributed by atoms with Gasteiger partial charge in [0.05, 0.1) is 23.2 Å². The summed E-state index contributed by atoms with van der Waals surface area (Å²) >= 11 is 1.27. The highest BCUT2D eigenvalue weighted by Gasteiger charge is 2.21. The highest BCUT2D eigenvalue weighted by atomic mass is 32.2. The van der Waals surface area contributed by atoms with Crippen molar-refractivity contribution >= 4 is 35.2 Å². The third kappa shape index (κ3) is 4.66. The van der Waals surface area contributed by atoms with Crippen LogP contribution in [0.25, 0.3) is 0 Å². The zero-order chi connectivity index (χ0) is 18.5. The minimum atomic E-state index is -0.391. The first-order chi connectivity index (χ1) is 12.5. The van der Waals surface area contributed by atoms with Crippen molar-refractivity contribution in [2.24, 2.45) is 0 Å². The Labute approximate surface area is 156 Å². The van der Waals surface area contributed by atoms with E-state index in [2.05, 4.69) is 20.9 Å². The van der Waals surface area contributed by atoms with Crippen LogP contribution in [-0.4, -0.2) is 37.8 Å². The number of thioether (sulfide) groups is 1. The summed E-state index contributed by atoms with van der Waals surface area (Å²) in [5.41, 5.74) is 0. The Morgan fingerprint density at radius 2 is 2.15 bits per heavy atom. The summed E-state index contributed by atoms with van der Waals surface area (Å²) < 4.78 is 6.81. The molecule has 26 heavy (non-hydrogen) atoms. The lowest BCUT2D eigenvalue weighted by Crippen LogP contribution is -2.25. The molecule has 9 heteroatoms. The molecule has 2 aromatic rings. The molecule has 2 N–H and O–H groups in total. The molecule has 3 rings (SSSR count). The minimum absolute atomic E-state index is 0.147. The van der Waals surface area contributed by atoms with Crippen molar-refractivity contribution in [1.82, 2.24) is 14.9 Å². The van der Waals surface area contributed by atoms with E-state index >= 15 is 0 Å². The second-order valence-electron chi connectivity index (χ2n) is 6.41. The Kier molecular flexibility index (Phi) is 5.97. The summed E-state index contributed by atoms with van der Waals surface area (Å²) in [6, 6.07) is 3.82. The predicted octanol–water partition coefficient (Wildman–Crippen LogP) is 2.99. The fraction of sp³-hybridized carbons (Fsp3) is 0.529. The SMILES string of the molecule is Cc1cc(NC(=O)C(C)SCC(=O)Nc2ccnn2C2CCCC2)no1. The van der Waals surface area contributed by atoms with Crippen LogP contribution < -0.4 is 10.6 Å². The number of carbonyl (C=O) groups excluding carboxylic acids is 2. The fourth-order valence-corrected chi connectivity index (χ4v) is 3.65. The van der Waals surface area contributed by atoms with Gasteiger partial charge in [-0.2, -0.15) is 5.10 Å². The number of amides is 2. The molecule has 1 saturated carbocycles. The van der Waals surface area contributed by atoms with Crippen molar-refractivity contribution < 1.29 is 14.1 Å². The number of nitrogens with one attached hydrogen (secondary N) is 2. The van der Waals surface area contributed by atoms with E-state index < -0.39 is 5.25 Å². The molecular formula is C17H23N5O3S. The van der Waals surface area contributed by atoms with Crippen molar-refractivity contribution in [1.29, 1.82) is 0 Å². The van der Waals surface area contributed by atoms with Gasteiger partial charge in [0.15, 0.2) is 5.82 Å². The smallest absolute Gasteiger partial charge is 0.238 e. The highest BCUT2D eigenvalue weighted by molar-refractivity contribution is 8.01. The van der Waals surface area contributed by atoms with Crippen LogP contribution in [0.5, 0.6) is 0 Å². The molecule has 1 aliphatic carbocycles. The first kappa shape index (κ1) is 18.5. The summed E-state index contributed by atoms with van der Waals surface area (Å²) in [7, 11) is 0. The monoisotopic (exact) mass is 377 g/mol. The number of carbonyl (C=O) groups is 2. The second kappa shape index (κ2) is 8.39. The van der Waals surface area contributed by atoms with E-state index in [9.17, 15) is 9.59 Å². The third-order valence-corrected chi connectivity index (χ3v) is 5.46. The zero-order valence-electron chi connectivity index (χ0n) is 14.9. The molecule has 1 unspecified atom stereocenters. The number of anilines is 2. The van der Waals surface area contributed by atoms with E-state index in [-0.39, 0.29) is 17.6 Å². The second-order valence-corrected chi connectivity index (χ2v) is 7.74. The molecule has 1 atom stereocenters. The lowest BCUT2D eigenvalue weighted by atomic mass is 10.2. The quantitative estimate of drug-likeness (QED) is 0.769. The van der Waals surface area contributed by atoms with Crippen LogP contribution in [0.2, 0.25) is 0 Å². The number of hydrogen-bond acceptors (Lipinski definition) is 6. The number of nitrogens with zero attached hydrogens (tertiary/aromatic N) is 3. The van der Waals surface area contributed by atoms with E-state index in [1.165, 1.54) is 24.6 Å². The van der Waals surface area contributed by atoms with Crippen LogP contribution in [0.15, 0.2) is 22.9 Å². The summed E-state index contributed by atoms with van der Waals surface area (Å²) in [4.78, 5) is 24.4. The van der Waals surface area contributed by atoms with Gasteiger partial charge in [-0.1, -0.05) is 18.0 Å². The van der Waals surface area contributed by atoms with E-state index in [0.29, 0.717) is 17.6 Å². The Hall–Kier alpha value is -2.29. The number of rotatable bonds is 7. The summed E-state index contributed by atoms with van der Waals surface area (Å²) in [5.74, 6) is 1.54. The number of aryl methyl sites for hydroxylation is 1. The van der Waals surface area contributed by atoms with Crippen molar-refractivity contribution in [2.45, 2.75) is 50.8 Å². The fourth-order valence-electron chi connectivity index (χ4n) is 2.96. The molecular weight excluding hydrogens is 354 g/mol. The minimum Gasteiger partial charge on any atom is -0.360 e. The van der Waals surface area contributed by atoms with Gasteiger partial charge in [-0.3, -0.25) is 9.59 Å². The topological polar surface area (TPSA) is 102 Å². The van der Waals surface area contributed by atoms with E-state index in [4.69, 9.17) is 4.52 Å². The van der Waals surface area contributed by atoms with Gasteiger partial charge in [0.25, 0.3) is 0 Å². The molecule has 0 saturated heterocycles. The van der Waals surface area contributed by atoms with Crippen molar-refractivity contribution in [3.63, 3.8) is 0 Å². The van der Waals surface area contributed by atoms with Crippen molar-refractivity contribution in [2.75, 3.05) is 16.4 Å². The maximum absolute atomic E-state index is 12.2. The largest absolute Gasteiger partial charge is 0.360 e. The summed E-state index contributed by atoms with van der Waals surface area (Å²) in [6.07, 6.45) is 6.30. The van der Waals surface area contributed by atoms with Gasteiger partial charge in [-0.15, -0.1) is 11.8 Å². The molecule has 1 fully saturated rings. The van der Waals surface area contributed by atoms with E-state index in [1.807, 2.05) is 10.7 Å². The van der Waals surface area contributed by atoms with Gasteiger partial charge >= 0.3 is 0 Å². The maximum Gasteiger partial charge on any atom is 0.238 e. The Bertz CT molecular complexity index is 766. The predicted molar refractivity (Wildman–Crippen MR) is 100 cm³/mol. The molecule has 0 aromatic carbocycles. The van der Waals surface area contributed by atoms with Gasteiger partial charge in [-0.05, 0) is 26.7 Å². The first-order valence-corrected chi connectivity index (χ1v) is 9.77. The Morgan fingerprint density at radius 1 is 1.38 bits per heavy atom. The van der Waals surface area contributed by atoms with Crippen LogP contribution in [0.4, 0.5) is 11.6 Å². The lowest BCUT2D eigenvalue weighted by Gasteiger charge is -2.15. The summed E-state index contributed by atoms with van der Waals surface area (Å²) in [6.45, 7) is 3.50. The highest BCUT2D eigenvalue weighted by Crippen LogP contribution is 2.31. The van der Waals surface area contributed by atoms with Crippen LogP contribution in [0, 0.1) is 6.92 Å². The van der Waals surface area contributed by atoms with E-state index in [0.717, 1.165) is 18.7 Å². The number of aromatic nitrogens is 3. The molecule has 0 bridgehead atoms. The van der Waals surface area contributed by atoms with Gasteiger partial charge in [0.2, 0.25) is 11.8 Å². The molecule has 140 valence electrons. The normalized spacial score (nSPS) is 15.8. The van der Waals surface area contributed by atoms with Gasteiger partial charge in [-0.25, -0.2) is 4.68 Å². The van der Waals surface area contributed by atoms with Crippen LogP contribution in [0.1, 0.15) is 44.4 Å². The Morgan fingerprint density at radius 3 is 2.85 bits per heavy atom. The molecule has 2 aromatic heterocycles. The van der Waals surface area contributed by atoms with Gasteiger partial charge in [0.1, 0.15) is 11.6 Å². The number of hydrogen-bond donors (Lipinski definition) is 2. The summed E-state index contributed by atoms with van der Waals surface area (Å²) in [5, 5.41) is 13.2. The van der Waals surface area contributed by atoms with Crippen LogP contribution in [-0.2, 0) is 9.59 Å². The van der Waals surface area contributed by atoms with E-state index in [1.54, 1.807) is 26.1 Å². The molecule has 0 aliphatic heterocycles. The molecule has 0 radical (unpaired) electrons. The molecule has 2 heterocycles. The third-order valence-electron chi connectivity index (χ3n) is 4.32. The molecule has 8 nitrogen and oxygen atoms in total. The average molecular weight is 377 g/mol. The van der Waals surface area contributed by atoms with Gasteiger partial charge in [0, 0.05) is 12.1 Å². The van der Waals surface area contributed by atoms with Crippen molar-refractivity contribution in [3.05, 3.63) is 24.1 Å². The standard InChI is InChI=1S/C17H23N5O3S/c1-11-9-14(21-25-11)19-17(24)12(2)26-10-16(23)20-15-7-8-18-22(15)13-5-3-4-6-13/h7-9,12-13H,3-6,10H2,1-2H3,(H,20,23)(H,19,21,24). The molecule has 1 aliphatic rings. The van der Waals surface area contributed by atoms with Gasteiger partial charge < -0.3 is 15.2 Å². The van der Waals surface area contributed by atoms with Crippen molar-refractivity contribution in [3.8, 4) is 0 Å². The van der Waals surface area contributed by atoms with Crippen LogP contribution >= 0.6 is 11.8 Å². The maximum atomic E-state index is 12.2. The van der Waals surface area contributed by atoms with Crippen LogP contribution in [0.3, 0.4) is 0 Å². The molecule has 2 amide bonds. The lowest BCUT2D eigenvalue weighted by molar-refractivity contribution is -0.115. The molecule has 0 spiro atoms. The zero-order valence-corrected chi connectivity index (χ0v) is 15.7. The Balaban J connectivity index is 1.46. The first-order valence-electron chi connectivity index (χ1n) is 8.72.